The lowest BCUT2D eigenvalue weighted by atomic mass is 10.1. The van der Waals surface area contributed by atoms with Crippen LogP contribution in [-0.4, -0.2) is 11.5 Å². The summed E-state index contributed by atoms with van der Waals surface area (Å²) in [6.45, 7) is 1.06. The lowest BCUT2D eigenvalue weighted by molar-refractivity contribution is 0.999. The average Bonchev–Trinajstić information content (AvgIpc) is 2.91. The second kappa shape index (κ2) is 4.09. The standard InChI is InChI=1S/C17H14N2/c1-2-6-17-13(4-1)9-11-19(17)15-7-8-16-14(12-15)5-3-10-18-16/h1-8,10,12H,9,11H2. The zero-order chi connectivity index (χ0) is 12.7. The number of anilines is 2. The molecule has 0 fully saturated rings. The first-order valence-electron chi connectivity index (χ1n) is 6.62. The highest BCUT2D eigenvalue weighted by molar-refractivity contribution is 5.84. The molecule has 0 spiro atoms. The summed E-state index contributed by atoms with van der Waals surface area (Å²) in [6.07, 6.45) is 2.97. The van der Waals surface area contributed by atoms with Crippen LogP contribution in [0.15, 0.2) is 60.8 Å². The summed E-state index contributed by atoms with van der Waals surface area (Å²) in [5, 5.41) is 1.20. The summed E-state index contributed by atoms with van der Waals surface area (Å²) in [5.74, 6) is 0. The molecule has 2 heteroatoms. The predicted octanol–water partition coefficient (Wildman–Crippen LogP) is 3.93. The molecule has 0 saturated carbocycles. The van der Waals surface area contributed by atoms with Crippen molar-refractivity contribution in [3.8, 4) is 0 Å². The van der Waals surface area contributed by atoms with Gasteiger partial charge in [0.25, 0.3) is 0 Å². The van der Waals surface area contributed by atoms with E-state index in [1.807, 2.05) is 12.3 Å². The Morgan fingerprint density at radius 1 is 0.947 bits per heavy atom. The molecule has 0 aliphatic carbocycles. The third-order valence-electron chi connectivity index (χ3n) is 3.79. The van der Waals surface area contributed by atoms with E-state index in [9.17, 15) is 0 Å². The molecule has 2 heterocycles. The van der Waals surface area contributed by atoms with Gasteiger partial charge in [-0.1, -0.05) is 24.3 Å². The van der Waals surface area contributed by atoms with Crippen molar-refractivity contribution in [3.05, 3.63) is 66.4 Å². The minimum absolute atomic E-state index is 1.05. The molecule has 0 unspecified atom stereocenters. The monoisotopic (exact) mass is 246 g/mol. The van der Waals surface area contributed by atoms with Gasteiger partial charge in [0.2, 0.25) is 0 Å². The van der Waals surface area contributed by atoms with E-state index < -0.39 is 0 Å². The Balaban J connectivity index is 1.83. The molecule has 0 bridgehead atoms. The second-order valence-corrected chi connectivity index (χ2v) is 4.91. The number of hydrogen-bond acceptors (Lipinski definition) is 2. The summed E-state index contributed by atoms with van der Waals surface area (Å²) in [7, 11) is 0. The van der Waals surface area contributed by atoms with Crippen molar-refractivity contribution in [2.45, 2.75) is 6.42 Å². The van der Waals surface area contributed by atoms with Crippen LogP contribution in [0.5, 0.6) is 0 Å². The van der Waals surface area contributed by atoms with Crippen LogP contribution < -0.4 is 4.90 Å². The molecule has 1 aliphatic heterocycles. The van der Waals surface area contributed by atoms with E-state index in [4.69, 9.17) is 0 Å². The first kappa shape index (κ1) is 10.6. The maximum atomic E-state index is 4.37. The van der Waals surface area contributed by atoms with E-state index in [2.05, 4.69) is 58.4 Å². The number of hydrogen-bond donors (Lipinski definition) is 0. The van der Waals surface area contributed by atoms with Crippen molar-refractivity contribution in [3.63, 3.8) is 0 Å². The van der Waals surface area contributed by atoms with Gasteiger partial charge in [0.15, 0.2) is 0 Å². The van der Waals surface area contributed by atoms with Gasteiger partial charge in [-0.15, -0.1) is 0 Å². The van der Waals surface area contributed by atoms with Crippen molar-refractivity contribution in [1.29, 1.82) is 0 Å². The number of aromatic nitrogens is 1. The number of rotatable bonds is 1. The molecule has 3 aromatic rings. The van der Waals surface area contributed by atoms with Gasteiger partial charge in [-0.25, -0.2) is 0 Å². The van der Waals surface area contributed by atoms with Crippen LogP contribution in [0.4, 0.5) is 11.4 Å². The zero-order valence-electron chi connectivity index (χ0n) is 10.6. The lowest BCUT2D eigenvalue weighted by Gasteiger charge is -2.19. The Morgan fingerprint density at radius 3 is 2.89 bits per heavy atom. The SMILES string of the molecule is c1ccc2c(c1)CCN2c1ccc2ncccc2c1. The van der Waals surface area contributed by atoms with Crippen LogP contribution in [-0.2, 0) is 6.42 Å². The molecule has 0 atom stereocenters. The molecule has 0 saturated heterocycles. The number of para-hydroxylation sites is 1. The van der Waals surface area contributed by atoms with Crippen molar-refractivity contribution < 1.29 is 0 Å². The van der Waals surface area contributed by atoms with Gasteiger partial charge in [-0.2, -0.15) is 0 Å². The summed E-state index contributed by atoms with van der Waals surface area (Å²) < 4.78 is 0. The van der Waals surface area contributed by atoms with Crippen molar-refractivity contribution >= 4 is 22.3 Å². The van der Waals surface area contributed by atoms with Crippen molar-refractivity contribution in [1.82, 2.24) is 4.98 Å². The molecule has 1 aromatic heterocycles. The van der Waals surface area contributed by atoms with E-state index in [0.29, 0.717) is 0 Å². The van der Waals surface area contributed by atoms with Crippen LogP contribution >= 0.6 is 0 Å². The van der Waals surface area contributed by atoms with Crippen LogP contribution in [0.2, 0.25) is 0 Å². The Labute approximate surface area is 112 Å². The van der Waals surface area contributed by atoms with Crippen LogP contribution in [0.1, 0.15) is 5.56 Å². The second-order valence-electron chi connectivity index (χ2n) is 4.91. The first-order valence-corrected chi connectivity index (χ1v) is 6.62. The maximum absolute atomic E-state index is 4.37. The Bertz CT molecular complexity index is 749. The van der Waals surface area contributed by atoms with Crippen molar-refractivity contribution in [2.24, 2.45) is 0 Å². The van der Waals surface area contributed by atoms with E-state index in [1.165, 1.54) is 22.3 Å². The Kier molecular flexibility index (Phi) is 2.27. The van der Waals surface area contributed by atoms with Gasteiger partial charge in [0.05, 0.1) is 5.52 Å². The smallest absolute Gasteiger partial charge is 0.0703 e. The molecule has 1 aliphatic rings. The number of fused-ring (bicyclic) bond motifs is 2. The Hall–Kier alpha value is -2.35. The molecule has 2 nitrogen and oxygen atoms in total. The van der Waals surface area contributed by atoms with Crippen LogP contribution in [0.25, 0.3) is 10.9 Å². The van der Waals surface area contributed by atoms with E-state index in [-0.39, 0.29) is 0 Å². The van der Waals surface area contributed by atoms with Crippen molar-refractivity contribution in [2.75, 3.05) is 11.4 Å². The predicted molar refractivity (Wildman–Crippen MR) is 78.9 cm³/mol. The third-order valence-corrected chi connectivity index (χ3v) is 3.79. The number of nitrogens with zero attached hydrogens (tertiary/aromatic N) is 2. The summed E-state index contributed by atoms with van der Waals surface area (Å²) in [6, 6.07) is 19.3. The quantitative estimate of drug-likeness (QED) is 0.646. The van der Waals surface area contributed by atoms with Gasteiger partial charge in [0, 0.05) is 29.5 Å². The van der Waals surface area contributed by atoms with Crippen LogP contribution in [0, 0.1) is 0 Å². The zero-order valence-corrected chi connectivity index (χ0v) is 10.6. The molecule has 0 N–H and O–H groups in total. The first-order chi connectivity index (χ1) is 9.42. The van der Waals surface area contributed by atoms with Gasteiger partial charge in [-0.05, 0) is 42.3 Å². The molecular formula is C17H14N2. The molecule has 4 rings (SSSR count). The molecule has 0 radical (unpaired) electrons. The summed E-state index contributed by atoms with van der Waals surface area (Å²) >= 11 is 0. The number of benzene rings is 2. The highest BCUT2D eigenvalue weighted by Crippen LogP contribution is 2.35. The molecular weight excluding hydrogens is 232 g/mol. The molecule has 2 aromatic carbocycles. The van der Waals surface area contributed by atoms with E-state index in [0.717, 1.165) is 18.5 Å². The fourth-order valence-electron chi connectivity index (χ4n) is 2.84. The van der Waals surface area contributed by atoms with Gasteiger partial charge in [-0.3, -0.25) is 4.98 Å². The molecule has 19 heavy (non-hydrogen) atoms. The van der Waals surface area contributed by atoms with Gasteiger partial charge < -0.3 is 4.90 Å². The molecule has 0 amide bonds. The van der Waals surface area contributed by atoms with Gasteiger partial charge >= 0.3 is 0 Å². The van der Waals surface area contributed by atoms with E-state index >= 15 is 0 Å². The highest BCUT2D eigenvalue weighted by Gasteiger charge is 2.19. The maximum Gasteiger partial charge on any atom is 0.0703 e. The number of pyridine rings is 1. The molecule has 92 valence electrons. The lowest BCUT2D eigenvalue weighted by Crippen LogP contribution is -2.12. The van der Waals surface area contributed by atoms with E-state index in [1.54, 1.807) is 0 Å². The topological polar surface area (TPSA) is 16.1 Å². The summed E-state index contributed by atoms with van der Waals surface area (Å²) in [5.41, 5.74) is 5.09. The minimum Gasteiger partial charge on any atom is -0.341 e. The summed E-state index contributed by atoms with van der Waals surface area (Å²) in [4.78, 5) is 6.77. The fourth-order valence-corrected chi connectivity index (χ4v) is 2.84. The normalized spacial score (nSPS) is 13.8. The van der Waals surface area contributed by atoms with Crippen LogP contribution in [0.3, 0.4) is 0 Å². The van der Waals surface area contributed by atoms with Gasteiger partial charge in [0.1, 0.15) is 0 Å². The third kappa shape index (κ3) is 1.68. The average molecular weight is 246 g/mol. The largest absolute Gasteiger partial charge is 0.341 e. The minimum atomic E-state index is 1.05. The fraction of sp³-hybridized carbons (Fsp3) is 0.118. The highest BCUT2D eigenvalue weighted by atomic mass is 15.2. The Morgan fingerprint density at radius 2 is 1.89 bits per heavy atom.